The molecule has 0 aliphatic rings. The average molecular weight is 317 g/mol. The maximum Gasteiger partial charge on any atom is 0.335 e. The number of benzene rings is 1. The number of nitrogens with zero attached hydrogens (tertiary/aromatic N) is 3. The summed E-state index contributed by atoms with van der Waals surface area (Å²) >= 11 is 0. The summed E-state index contributed by atoms with van der Waals surface area (Å²) in [7, 11) is 0. The highest BCUT2D eigenvalue weighted by Crippen LogP contribution is 2.21. The smallest absolute Gasteiger partial charge is 0.335 e. The van der Waals surface area contributed by atoms with E-state index in [1.807, 2.05) is 19.3 Å². The quantitative estimate of drug-likeness (QED) is 0.547. The van der Waals surface area contributed by atoms with E-state index in [4.69, 9.17) is 5.11 Å². The lowest BCUT2D eigenvalue weighted by Gasteiger charge is -2.11. The summed E-state index contributed by atoms with van der Waals surface area (Å²) in [6, 6.07) is 7.83. The molecule has 1 aromatic heterocycles. The fraction of sp³-hybridized carbons (Fsp3) is 0.214. The highest BCUT2D eigenvalue weighted by Gasteiger charge is 2.11. The van der Waals surface area contributed by atoms with Gasteiger partial charge >= 0.3 is 5.97 Å². The summed E-state index contributed by atoms with van der Waals surface area (Å²) in [5.74, 6) is -0.820. The minimum atomic E-state index is -1.05. The highest BCUT2D eigenvalue weighted by atomic mass is 16.7. The van der Waals surface area contributed by atoms with Gasteiger partial charge in [0, 0.05) is 11.8 Å². The maximum atomic E-state index is 11.0. The molecule has 0 unspecified atom stereocenters. The van der Waals surface area contributed by atoms with Gasteiger partial charge in [-0.15, -0.1) is 0 Å². The largest absolute Gasteiger partial charge is 0.478 e. The molecule has 0 atom stereocenters. The summed E-state index contributed by atoms with van der Waals surface area (Å²) < 4.78 is 0. The van der Waals surface area contributed by atoms with Crippen LogP contribution in [0.4, 0.5) is 17.5 Å². The van der Waals surface area contributed by atoms with Gasteiger partial charge in [0.15, 0.2) is 5.03 Å². The van der Waals surface area contributed by atoms with Crippen LogP contribution in [0.5, 0.6) is 0 Å². The lowest BCUT2D eigenvalue weighted by molar-refractivity contribution is -0.446. The predicted octanol–water partition coefficient (Wildman–Crippen LogP) is 2.65. The summed E-state index contributed by atoms with van der Waals surface area (Å²) in [5, 5.41) is 21.8. The van der Waals surface area contributed by atoms with E-state index >= 15 is 0 Å². The van der Waals surface area contributed by atoms with Crippen molar-refractivity contribution in [3.05, 3.63) is 51.7 Å². The lowest BCUT2D eigenvalue weighted by Crippen LogP contribution is -2.13. The second kappa shape index (κ2) is 6.69. The van der Waals surface area contributed by atoms with Crippen molar-refractivity contribution in [1.82, 2.24) is 9.97 Å². The molecule has 3 N–H and O–H groups in total. The number of hydrogen-bond acceptors (Lipinski definition) is 6. The number of hydrazine groups is 1. The monoisotopic (exact) mass is 317 g/mol. The number of rotatable bonds is 6. The van der Waals surface area contributed by atoms with E-state index < -0.39 is 11.0 Å². The van der Waals surface area contributed by atoms with Crippen LogP contribution in [0.25, 0.3) is 0 Å². The second-order valence-electron chi connectivity index (χ2n) is 5.04. The Hall–Kier alpha value is -3.23. The van der Waals surface area contributed by atoms with Gasteiger partial charge in [-0.3, -0.25) is 0 Å². The summed E-state index contributed by atoms with van der Waals surface area (Å²) in [6.07, 6.45) is 0. The molecule has 0 amide bonds. The summed E-state index contributed by atoms with van der Waals surface area (Å²) in [6.45, 7) is 3.79. The standard InChI is InChI=1S/C14H15N5O4/c1-8(2)11-7-12(17-14(16-11)18-19(22)23)15-10-5-3-4-9(6-10)13(20)21/h3-8H,1-2H3,(H,20,21)(H2,15,16,17,18). The minimum Gasteiger partial charge on any atom is -0.478 e. The Kier molecular flexibility index (Phi) is 4.69. The van der Waals surface area contributed by atoms with Crippen molar-refractivity contribution in [1.29, 1.82) is 0 Å². The van der Waals surface area contributed by atoms with Crippen molar-refractivity contribution in [2.24, 2.45) is 0 Å². The van der Waals surface area contributed by atoms with Crippen LogP contribution in [0.3, 0.4) is 0 Å². The first-order valence-electron chi connectivity index (χ1n) is 6.75. The van der Waals surface area contributed by atoms with Crippen molar-refractivity contribution in [2.45, 2.75) is 19.8 Å². The molecular formula is C14H15N5O4. The average Bonchev–Trinajstić information content (AvgIpc) is 2.46. The molecule has 9 nitrogen and oxygen atoms in total. The van der Waals surface area contributed by atoms with Gasteiger partial charge in [0.1, 0.15) is 5.82 Å². The molecule has 1 heterocycles. The van der Waals surface area contributed by atoms with Crippen LogP contribution in [0.1, 0.15) is 35.8 Å². The molecular weight excluding hydrogens is 302 g/mol. The summed E-state index contributed by atoms with van der Waals surface area (Å²) in [5.41, 5.74) is 3.16. The lowest BCUT2D eigenvalue weighted by atomic mass is 10.1. The molecule has 2 rings (SSSR count). The zero-order valence-electron chi connectivity index (χ0n) is 12.5. The van der Waals surface area contributed by atoms with Crippen LogP contribution in [0.15, 0.2) is 30.3 Å². The van der Waals surface area contributed by atoms with Gasteiger partial charge in [0.2, 0.25) is 0 Å². The molecule has 0 bridgehead atoms. The Morgan fingerprint density at radius 1 is 1.30 bits per heavy atom. The van der Waals surface area contributed by atoms with Crippen LogP contribution < -0.4 is 10.7 Å². The molecule has 120 valence electrons. The molecule has 0 fully saturated rings. The van der Waals surface area contributed by atoms with Gasteiger partial charge in [-0.2, -0.15) is 4.98 Å². The predicted molar refractivity (Wildman–Crippen MR) is 83.4 cm³/mol. The van der Waals surface area contributed by atoms with Gasteiger partial charge in [0.25, 0.3) is 5.95 Å². The first kappa shape index (κ1) is 16.1. The Labute approximate surface area is 131 Å². The molecule has 0 aliphatic carbocycles. The van der Waals surface area contributed by atoms with E-state index in [9.17, 15) is 14.9 Å². The first-order valence-corrected chi connectivity index (χ1v) is 6.75. The highest BCUT2D eigenvalue weighted by molar-refractivity contribution is 5.89. The molecule has 23 heavy (non-hydrogen) atoms. The Bertz CT molecular complexity index is 748. The van der Waals surface area contributed by atoms with Gasteiger partial charge in [0.05, 0.1) is 11.3 Å². The van der Waals surface area contributed by atoms with Crippen molar-refractivity contribution in [3.8, 4) is 0 Å². The van der Waals surface area contributed by atoms with Crippen LogP contribution >= 0.6 is 0 Å². The molecule has 0 saturated carbocycles. The van der Waals surface area contributed by atoms with Crippen molar-refractivity contribution in [3.63, 3.8) is 0 Å². The van der Waals surface area contributed by atoms with Crippen LogP contribution in [-0.4, -0.2) is 26.1 Å². The zero-order valence-corrected chi connectivity index (χ0v) is 12.5. The topological polar surface area (TPSA) is 130 Å². The molecule has 0 saturated heterocycles. The number of aromatic carboxylic acids is 1. The van der Waals surface area contributed by atoms with Crippen molar-refractivity contribution in [2.75, 3.05) is 10.7 Å². The van der Waals surface area contributed by atoms with Gasteiger partial charge < -0.3 is 10.4 Å². The molecule has 0 spiro atoms. The normalized spacial score (nSPS) is 10.4. The molecule has 9 heteroatoms. The number of nitrogens with one attached hydrogen (secondary N) is 2. The minimum absolute atomic E-state index is 0.0382. The van der Waals surface area contributed by atoms with Gasteiger partial charge in [-0.1, -0.05) is 25.3 Å². The van der Waals surface area contributed by atoms with E-state index in [1.54, 1.807) is 18.2 Å². The molecule has 1 aromatic carbocycles. The van der Waals surface area contributed by atoms with Crippen molar-refractivity contribution < 1.29 is 14.9 Å². The molecule has 2 aromatic rings. The third-order valence-corrected chi connectivity index (χ3v) is 2.91. The Morgan fingerprint density at radius 2 is 2.04 bits per heavy atom. The van der Waals surface area contributed by atoms with E-state index in [0.29, 0.717) is 17.2 Å². The van der Waals surface area contributed by atoms with E-state index in [-0.39, 0.29) is 17.4 Å². The third-order valence-electron chi connectivity index (χ3n) is 2.91. The van der Waals surface area contributed by atoms with Crippen LogP contribution in [-0.2, 0) is 0 Å². The van der Waals surface area contributed by atoms with Gasteiger partial charge in [-0.25, -0.2) is 19.9 Å². The Balaban J connectivity index is 2.34. The Morgan fingerprint density at radius 3 is 2.65 bits per heavy atom. The third kappa shape index (κ3) is 4.37. The number of anilines is 3. The molecule has 0 aliphatic heterocycles. The SMILES string of the molecule is CC(C)c1cc(Nc2cccc(C(=O)O)c2)nc(N[N+](=O)[O-])n1. The number of carboxylic acids is 1. The van der Waals surface area contributed by atoms with Crippen LogP contribution in [0, 0.1) is 10.1 Å². The maximum absolute atomic E-state index is 11.0. The number of aromatic nitrogens is 2. The second-order valence-corrected chi connectivity index (χ2v) is 5.04. The number of nitro groups is 1. The van der Waals surface area contributed by atoms with Gasteiger partial charge in [-0.05, 0) is 24.1 Å². The first-order chi connectivity index (χ1) is 10.8. The zero-order chi connectivity index (χ0) is 17.0. The van der Waals surface area contributed by atoms with E-state index in [2.05, 4.69) is 15.3 Å². The fourth-order valence-electron chi connectivity index (χ4n) is 1.84. The number of hydrogen-bond donors (Lipinski definition) is 3. The van der Waals surface area contributed by atoms with E-state index in [0.717, 1.165) is 0 Å². The number of carbonyl (C=O) groups is 1. The van der Waals surface area contributed by atoms with Crippen LogP contribution in [0.2, 0.25) is 0 Å². The summed E-state index contributed by atoms with van der Waals surface area (Å²) in [4.78, 5) is 29.6. The van der Waals surface area contributed by atoms with E-state index in [1.165, 1.54) is 12.1 Å². The number of carboxylic acid groups (broad SMARTS) is 1. The fourth-order valence-corrected chi connectivity index (χ4v) is 1.84. The van der Waals surface area contributed by atoms with Crippen molar-refractivity contribution >= 4 is 23.4 Å². The molecule has 0 radical (unpaired) electrons.